The highest BCUT2D eigenvalue weighted by Crippen LogP contribution is 2.28. The average Bonchev–Trinajstić information content (AvgIpc) is 2.38. The third kappa shape index (κ3) is 3.36. The quantitative estimate of drug-likeness (QED) is 0.918. The largest absolute Gasteiger partial charge is 0.457 e. The monoisotopic (exact) mass is 271 g/mol. The van der Waals surface area contributed by atoms with E-state index in [-0.39, 0.29) is 12.0 Å². The molecule has 0 aliphatic rings. The molecule has 0 unspecified atom stereocenters. The second kappa shape index (κ2) is 5.63. The summed E-state index contributed by atoms with van der Waals surface area (Å²) < 4.78 is 5.85. The molecule has 0 saturated heterocycles. The van der Waals surface area contributed by atoms with Crippen LogP contribution in [0.15, 0.2) is 36.5 Å². The summed E-state index contributed by atoms with van der Waals surface area (Å²) in [6, 6.07) is 9.89. The van der Waals surface area contributed by atoms with E-state index in [4.69, 9.17) is 4.74 Å². The molecule has 1 N–H and O–H groups in total. The molecule has 106 valence electrons. The van der Waals surface area contributed by atoms with E-state index in [9.17, 15) is 5.11 Å². The lowest BCUT2D eigenvalue weighted by Crippen LogP contribution is -2.10. The summed E-state index contributed by atoms with van der Waals surface area (Å²) in [7, 11) is 0. The highest BCUT2D eigenvalue weighted by molar-refractivity contribution is 5.39. The number of aromatic nitrogens is 1. The van der Waals surface area contributed by atoms with E-state index in [0.29, 0.717) is 11.3 Å². The minimum Gasteiger partial charge on any atom is -0.457 e. The maximum atomic E-state index is 9.32. The van der Waals surface area contributed by atoms with Gasteiger partial charge in [0.1, 0.15) is 11.5 Å². The highest BCUT2D eigenvalue weighted by atomic mass is 16.5. The predicted molar refractivity (Wildman–Crippen MR) is 80.1 cm³/mol. The van der Waals surface area contributed by atoms with Gasteiger partial charge >= 0.3 is 0 Å². The van der Waals surface area contributed by atoms with Crippen LogP contribution >= 0.6 is 0 Å². The molecule has 2 aromatic rings. The van der Waals surface area contributed by atoms with Crippen LogP contribution < -0.4 is 4.74 Å². The molecule has 1 heterocycles. The average molecular weight is 271 g/mol. The molecule has 0 atom stereocenters. The van der Waals surface area contributed by atoms with E-state index in [2.05, 4.69) is 37.9 Å². The van der Waals surface area contributed by atoms with Crippen LogP contribution in [0.25, 0.3) is 0 Å². The Labute approximate surface area is 120 Å². The van der Waals surface area contributed by atoms with E-state index >= 15 is 0 Å². The second-order valence-corrected chi connectivity index (χ2v) is 5.97. The molecular weight excluding hydrogens is 250 g/mol. The number of nitrogens with zero attached hydrogens (tertiary/aromatic N) is 1. The zero-order valence-electron chi connectivity index (χ0n) is 12.5. The molecule has 0 saturated carbocycles. The number of benzene rings is 1. The smallest absolute Gasteiger partial charge is 0.136 e. The Bertz CT molecular complexity index is 583. The first-order chi connectivity index (χ1) is 9.40. The first-order valence-corrected chi connectivity index (χ1v) is 6.75. The Morgan fingerprint density at radius 3 is 2.35 bits per heavy atom. The van der Waals surface area contributed by atoms with Gasteiger partial charge < -0.3 is 9.84 Å². The van der Waals surface area contributed by atoms with Gasteiger partial charge in [0.25, 0.3) is 0 Å². The topological polar surface area (TPSA) is 42.4 Å². The van der Waals surface area contributed by atoms with E-state index in [1.807, 2.05) is 25.1 Å². The van der Waals surface area contributed by atoms with Crippen molar-refractivity contribution in [2.45, 2.75) is 39.7 Å². The maximum Gasteiger partial charge on any atom is 0.136 e. The molecule has 0 aliphatic heterocycles. The fraction of sp³-hybridized carbons (Fsp3) is 0.353. The SMILES string of the molecule is Cc1cc(Oc2ccc(C(C)(C)C)cc2)c(CO)cn1. The molecule has 0 spiro atoms. The van der Waals surface area contributed by atoms with Gasteiger partial charge in [0.15, 0.2) is 0 Å². The van der Waals surface area contributed by atoms with Crippen LogP contribution in [0.3, 0.4) is 0 Å². The minimum atomic E-state index is -0.0807. The fourth-order valence-corrected chi connectivity index (χ4v) is 1.93. The number of hydrogen-bond donors (Lipinski definition) is 1. The van der Waals surface area contributed by atoms with E-state index < -0.39 is 0 Å². The van der Waals surface area contributed by atoms with Crippen molar-refractivity contribution in [3.8, 4) is 11.5 Å². The van der Waals surface area contributed by atoms with Crippen molar-refractivity contribution in [2.24, 2.45) is 0 Å². The number of aliphatic hydroxyl groups is 1. The van der Waals surface area contributed by atoms with Gasteiger partial charge in [-0.05, 0) is 30.0 Å². The van der Waals surface area contributed by atoms with Crippen LogP contribution in [-0.4, -0.2) is 10.1 Å². The molecule has 0 aliphatic carbocycles. The summed E-state index contributed by atoms with van der Waals surface area (Å²) in [4.78, 5) is 4.16. The molecule has 1 aromatic heterocycles. The van der Waals surface area contributed by atoms with E-state index in [1.165, 1.54) is 5.56 Å². The Kier molecular flexibility index (Phi) is 4.09. The van der Waals surface area contributed by atoms with Gasteiger partial charge in [-0.1, -0.05) is 32.9 Å². The lowest BCUT2D eigenvalue weighted by molar-refractivity contribution is 0.276. The summed E-state index contributed by atoms with van der Waals surface area (Å²) in [6.45, 7) is 8.36. The summed E-state index contributed by atoms with van der Waals surface area (Å²) in [5.74, 6) is 1.42. The van der Waals surface area contributed by atoms with Crippen molar-refractivity contribution in [1.29, 1.82) is 0 Å². The molecule has 3 nitrogen and oxygen atoms in total. The number of hydrogen-bond acceptors (Lipinski definition) is 3. The van der Waals surface area contributed by atoms with E-state index in [0.717, 1.165) is 11.4 Å². The third-order valence-electron chi connectivity index (χ3n) is 3.20. The van der Waals surface area contributed by atoms with Crippen molar-refractivity contribution >= 4 is 0 Å². The van der Waals surface area contributed by atoms with E-state index in [1.54, 1.807) is 6.20 Å². The summed E-state index contributed by atoms with van der Waals surface area (Å²) >= 11 is 0. The highest BCUT2D eigenvalue weighted by Gasteiger charge is 2.13. The van der Waals surface area contributed by atoms with Crippen LogP contribution in [0, 0.1) is 6.92 Å². The molecule has 0 fully saturated rings. The molecule has 0 bridgehead atoms. The lowest BCUT2D eigenvalue weighted by atomic mass is 9.87. The van der Waals surface area contributed by atoms with Crippen LogP contribution in [0.5, 0.6) is 11.5 Å². The molecule has 0 amide bonds. The zero-order valence-corrected chi connectivity index (χ0v) is 12.5. The third-order valence-corrected chi connectivity index (χ3v) is 3.20. The second-order valence-electron chi connectivity index (χ2n) is 5.97. The summed E-state index contributed by atoms with van der Waals surface area (Å²) in [6.07, 6.45) is 1.65. The number of aliphatic hydroxyl groups excluding tert-OH is 1. The number of aryl methyl sites for hydroxylation is 1. The van der Waals surface area contributed by atoms with Gasteiger partial charge in [0.2, 0.25) is 0 Å². The van der Waals surface area contributed by atoms with Crippen molar-refractivity contribution in [3.05, 3.63) is 53.3 Å². The number of ether oxygens (including phenoxy) is 1. The first kappa shape index (κ1) is 14.5. The molecular formula is C17H21NO2. The summed E-state index contributed by atoms with van der Waals surface area (Å²) in [5.41, 5.74) is 2.94. The zero-order chi connectivity index (χ0) is 14.8. The van der Waals surface area contributed by atoms with Crippen molar-refractivity contribution in [2.75, 3.05) is 0 Å². The van der Waals surface area contributed by atoms with Crippen molar-refractivity contribution < 1.29 is 9.84 Å². The van der Waals surface area contributed by atoms with Crippen LogP contribution in [0.1, 0.15) is 37.6 Å². The van der Waals surface area contributed by atoms with Gasteiger partial charge in [0, 0.05) is 23.5 Å². The van der Waals surface area contributed by atoms with Crippen LogP contribution in [0.4, 0.5) is 0 Å². The van der Waals surface area contributed by atoms with Crippen molar-refractivity contribution in [3.63, 3.8) is 0 Å². The number of rotatable bonds is 3. The Morgan fingerprint density at radius 1 is 1.15 bits per heavy atom. The van der Waals surface area contributed by atoms with Crippen LogP contribution in [-0.2, 0) is 12.0 Å². The van der Waals surface area contributed by atoms with Gasteiger partial charge in [-0.25, -0.2) is 0 Å². The molecule has 3 heteroatoms. The standard InChI is InChI=1S/C17H21NO2/c1-12-9-16(13(11-19)10-18-12)20-15-7-5-14(6-8-15)17(2,3)4/h5-10,19H,11H2,1-4H3. The Hall–Kier alpha value is -1.87. The Morgan fingerprint density at radius 2 is 1.80 bits per heavy atom. The summed E-state index contributed by atoms with van der Waals surface area (Å²) in [5, 5.41) is 9.32. The lowest BCUT2D eigenvalue weighted by Gasteiger charge is -2.19. The van der Waals surface area contributed by atoms with Gasteiger partial charge in [-0.15, -0.1) is 0 Å². The predicted octanol–water partition coefficient (Wildman–Crippen LogP) is 3.97. The number of pyridine rings is 1. The molecule has 1 aromatic carbocycles. The van der Waals surface area contributed by atoms with Crippen LogP contribution in [0.2, 0.25) is 0 Å². The molecule has 2 rings (SSSR count). The van der Waals surface area contributed by atoms with Gasteiger partial charge in [-0.2, -0.15) is 0 Å². The van der Waals surface area contributed by atoms with Gasteiger partial charge in [0.05, 0.1) is 6.61 Å². The molecule has 0 radical (unpaired) electrons. The van der Waals surface area contributed by atoms with Gasteiger partial charge in [-0.3, -0.25) is 4.98 Å². The fourth-order valence-electron chi connectivity index (χ4n) is 1.93. The normalized spacial score (nSPS) is 11.4. The Balaban J connectivity index is 2.24. The first-order valence-electron chi connectivity index (χ1n) is 6.75. The molecule has 20 heavy (non-hydrogen) atoms. The maximum absolute atomic E-state index is 9.32. The minimum absolute atomic E-state index is 0.0807. The van der Waals surface area contributed by atoms with Crippen molar-refractivity contribution in [1.82, 2.24) is 4.98 Å².